The maximum Gasteiger partial charge on any atom is 0.303 e. The number of carboxylic acid groups (broad SMARTS) is 1. The quantitative estimate of drug-likeness (QED) is 0.508. The number of carbonyl (C=O) groups excluding carboxylic acids is 1. The summed E-state index contributed by atoms with van der Waals surface area (Å²) in [4.78, 5) is 20.9. The molecular formula is C7H14N2O3. The SMILES string of the molecule is CC(C)NNC(=O)CCC(=O)O. The predicted molar refractivity (Wildman–Crippen MR) is 43.3 cm³/mol. The van der Waals surface area contributed by atoms with Crippen molar-refractivity contribution in [3.63, 3.8) is 0 Å². The van der Waals surface area contributed by atoms with Crippen molar-refractivity contribution in [2.24, 2.45) is 0 Å². The highest BCUT2D eigenvalue weighted by atomic mass is 16.4. The lowest BCUT2D eigenvalue weighted by Crippen LogP contribution is -2.41. The van der Waals surface area contributed by atoms with Gasteiger partial charge in [0.2, 0.25) is 5.91 Å². The summed E-state index contributed by atoms with van der Waals surface area (Å²) < 4.78 is 0. The van der Waals surface area contributed by atoms with Crippen LogP contribution in [0.5, 0.6) is 0 Å². The molecule has 0 saturated carbocycles. The second-order valence-electron chi connectivity index (χ2n) is 2.74. The van der Waals surface area contributed by atoms with Gasteiger partial charge in [-0.25, -0.2) is 5.43 Å². The number of hydrogen-bond donors (Lipinski definition) is 3. The highest BCUT2D eigenvalue weighted by Crippen LogP contribution is 1.87. The molecule has 0 aromatic carbocycles. The molecule has 0 atom stereocenters. The lowest BCUT2D eigenvalue weighted by Gasteiger charge is -2.08. The zero-order valence-electron chi connectivity index (χ0n) is 7.26. The number of nitrogens with one attached hydrogen (secondary N) is 2. The first-order valence-electron chi connectivity index (χ1n) is 3.78. The third-order valence-corrected chi connectivity index (χ3v) is 1.07. The highest BCUT2D eigenvalue weighted by molar-refractivity contribution is 5.80. The number of hydrazine groups is 1. The van der Waals surface area contributed by atoms with Gasteiger partial charge < -0.3 is 5.11 Å². The molecular weight excluding hydrogens is 160 g/mol. The Hall–Kier alpha value is -1.10. The van der Waals surface area contributed by atoms with Gasteiger partial charge in [0.15, 0.2) is 0 Å². The Morgan fingerprint density at radius 1 is 1.33 bits per heavy atom. The Bertz CT molecular complexity index is 168. The van der Waals surface area contributed by atoms with Crippen molar-refractivity contribution in [3.05, 3.63) is 0 Å². The Morgan fingerprint density at radius 2 is 1.92 bits per heavy atom. The van der Waals surface area contributed by atoms with E-state index >= 15 is 0 Å². The number of carbonyl (C=O) groups is 2. The average Bonchev–Trinajstić information content (AvgIpc) is 1.96. The summed E-state index contributed by atoms with van der Waals surface area (Å²) in [6, 6.07) is 0.152. The summed E-state index contributed by atoms with van der Waals surface area (Å²) in [5.41, 5.74) is 5.06. The largest absolute Gasteiger partial charge is 0.481 e. The fraction of sp³-hybridized carbons (Fsp3) is 0.714. The van der Waals surface area contributed by atoms with Crippen LogP contribution in [0.3, 0.4) is 0 Å². The molecule has 70 valence electrons. The molecule has 0 radical (unpaired) electrons. The monoisotopic (exact) mass is 174 g/mol. The van der Waals surface area contributed by atoms with Crippen molar-refractivity contribution in [1.82, 2.24) is 10.9 Å². The molecule has 0 aliphatic carbocycles. The number of hydrogen-bond acceptors (Lipinski definition) is 3. The minimum atomic E-state index is -0.963. The van der Waals surface area contributed by atoms with E-state index in [9.17, 15) is 9.59 Å². The molecule has 0 saturated heterocycles. The molecule has 0 bridgehead atoms. The number of carboxylic acids is 1. The van der Waals surface area contributed by atoms with Gasteiger partial charge in [0.25, 0.3) is 0 Å². The van der Waals surface area contributed by atoms with Gasteiger partial charge >= 0.3 is 5.97 Å². The second kappa shape index (κ2) is 5.54. The average molecular weight is 174 g/mol. The molecule has 0 unspecified atom stereocenters. The van der Waals surface area contributed by atoms with Crippen LogP contribution in [0.2, 0.25) is 0 Å². The maximum atomic E-state index is 10.8. The second-order valence-corrected chi connectivity index (χ2v) is 2.74. The Kier molecular flexibility index (Phi) is 5.03. The molecule has 0 aliphatic heterocycles. The molecule has 0 aliphatic rings. The molecule has 0 aromatic rings. The van der Waals surface area contributed by atoms with Crippen LogP contribution in [0.4, 0.5) is 0 Å². The molecule has 0 spiro atoms. The molecule has 0 heterocycles. The number of aliphatic carboxylic acids is 1. The van der Waals surface area contributed by atoms with Gasteiger partial charge in [-0.15, -0.1) is 0 Å². The third-order valence-electron chi connectivity index (χ3n) is 1.07. The summed E-state index contributed by atoms with van der Waals surface area (Å²) in [5.74, 6) is -1.26. The van der Waals surface area contributed by atoms with Gasteiger partial charge in [-0.3, -0.25) is 15.0 Å². The van der Waals surface area contributed by atoms with Gasteiger partial charge in [0.1, 0.15) is 0 Å². The fourth-order valence-electron chi connectivity index (χ4n) is 0.508. The molecule has 5 nitrogen and oxygen atoms in total. The van der Waals surface area contributed by atoms with Crippen molar-refractivity contribution in [1.29, 1.82) is 0 Å². The molecule has 0 aromatic heterocycles. The number of amides is 1. The fourth-order valence-corrected chi connectivity index (χ4v) is 0.508. The Labute approximate surface area is 71.1 Å². The predicted octanol–water partition coefficient (Wildman–Crippen LogP) is -0.120. The Balaban J connectivity index is 3.40. The molecule has 3 N–H and O–H groups in total. The van der Waals surface area contributed by atoms with Gasteiger partial charge in [-0.2, -0.15) is 0 Å². The van der Waals surface area contributed by atoms with Gasteiger partial charge in [-0.05, 0) is 13.8 Å². The number of rotatable bonds is 5. The summed E-state index contributed by atoms with van der Waals surface area (Å²) in [6.07, 6.45) is -0.124. The van der Waals surface area contributed by atoms with Crippen LogP contribution in [0, 0.1) is 0 Å². The summed E-state index contributed by atoms with van der Waals surface area (Å²) in [6.45, 7) is 3.74. The van der Waals surface area contributed by atoms with Crippen LogP contribution in [-0.2, 0) is 9.59 Å². The van der Waals surface area contributed by atoms with Crippen LogP contribution < -0.4 is 10.9 Å². The van der Waals surface area contributed by atoms with E-state index in [4.69, 9.17) is 5.11 Å². The van der Waals surface area contributed by atoms with Gasteiger partial charge in [0.05, 0.1) is 6.42 Å². The summed E-state index contributed by atoms with van der Waals surface area (Å²) in [7, 11) is 0. The Morgan fingerprint density at radius 3 is 2.33 bits per heavy atom. The minimum Gasteiger partial charge on any atom is -0.481 e. The maximum absolute atomic E-state index is 10.8. The van der Waals surface area contributed by atoms with Crippen LogP contribution in [-0.4, -0.2) is 23.0 Å². The smallest absolute Gasteiger partial charge is 0.303 e. The third kappa shape index (κ3) is 7.01. The molecule has 0 fully saturated rings. The van der Waals surface area contributed by atoms with E-state index < -0.39 is 5.97 Å². The molecule has 1 amide bonds. The van der Waals surface area contributed by atoms with Crippen LogP contribution in [0.15, 0.2) is 0 Å². The van der Waals surface area contributed by atoms with E-state index in [0.29, 0.717) is 0 Å². The zero-order valence-corrected chi connectivity index (χ0v) is 7.26. The van der Waals surface area contributed by atoms with E-state index in [2.05, 4.69) is 10.9 Å². The molecule has 5 heteroatoms. The van der Waals surface area contributed by atoms with Gasteiger partial charge in [0, 0.05) is 12.5 Å². The topological polar surface area (TPSA) is 78.4 Å². The van der Waals surface area contributed by atoms with E-state index in [0.717, 1.165) is 0 Å². The van der Waals surface area contributed by atoms with Crippen molar-refractivity contribution in [2.45, 2.75) is 32.7 Å². The standard InChI is InChI=1S/C7H14N2O3/c1-5(2)8-9-6(10)3-4-7(11)12/h5,8H,3-4H2,1-2H3,(H,9,10)(H,11,12). The zero-order chi connectivity index (χ0) is 9.56. The van der Waals surface area contributed by atoms with Gasteiger partial charge in [-0.1, -0.05) is 0 Å². The minimum absolute atomic E-state index is 0.00898. The van der Waals surface area contributed by atoms with Crippen molar-refractivity contribution < 1.29 is 14.7 Å². The van der Waals surface area contributed by atoms with Crippen molar-refractivity contribution >= 4 is 11.9 Å². The van der Waals surface area contributed by atoms with E-state index in [1.807, 2.05) is 13.8 Å². The van der Waals surface area contributed by atoms with Crippen LogP contribution in [0.1, 0.15) is 26.7 Å². The van der Waals surface area contributed by atoms with Crippen molar-refractivity contribution in [2.75, 3.05) is 0 Å². The summed E-state index contributed by atoms with van der Waals surface area (Å²) in [5, 5.41) is 8.24. The van der Waals surface area contributed by atoms with Crippen molar-refractivity contribution in [3.8, 4) is 0 Å². The van der Waals surface area contributed by atoms with E-state index in [-0.39, 0.29) is 24.8 Å². The van der Waals surface area contributed by atoms with Crippen LogP contribution >= 0.6 is 0 Å². The van der Waals surface area contributed by atoms with E-state index in [1.165, 1.54) is 0 Å². The first-order valence-corrected chi connectivity index (χ1v) is 3.78. The molecule has 12 heavy (non-hydrogen) atoms. The highest BCUT2D eigenvalue weighted by Gasteiger charge is 2.04. The summed E-state index contributed by atoms with van der Waals surface area (Å²) >= 11 is 0. The van der Waals surface area contributed by atoms with Crippen LogP contribution in [0.25, 0.3) is 0 Å². The lowest BCUT2D eigenvalue weighted by atomic mass is 10.3. The first kappa shape index (κ1) is 10.9. The first-order chi connectivity index (χ1) is 5.52. The molecule has 0 rings (SSSR count). The normalized spacial score (nSPS) is 9.92. The lowest BCUT2D eigenvalue weighted by molar-refractivity contribution is -0.139. The van der Waals surface area contributed by atoms with E-state index in [1.54, 1.807) is 0 Å².